The van der Waals surface area contributed by atoms with Crippen molar-refractivity contribution >= 4 is 5.91 Å². The van der Waals surface area contributed by atoms with Gasteiger partial charge in [-0.05, 0) is 0 Å². The fourth-order valence-electron chi connectivity index (χ4n) is 2.16. The lowest BCUT2D eigenvalue weighted by Crippen LogP contribution is -2.56. The number of carbonyl (C=O) groups excluding carboxylic acids is 1. The molecule has 0 aliphatic carbocycles. The largest absolute Gasteiger partial charge is 0.358 e. The van der Waals surface area contributed by atoms with Crippen molar-refractivity contribution in [3.05, 3.63) is 11.7 Å². The number of piperazine rings is 1. The Kier molecular flexibility index (Phi) is 4.39. The van der Waals surface area contributed by atoms with Crippen LogP contribution in [-0.4, -0.2) is 53.7 Å². The molecular formula is C13H23N5O2. The zero-order valence-electron chi connectivity index (χ0n) is 12.6. The summed E-state index contributed by atoms with van der Waals surface area (Å²) in [4.78, 5) is 18.4. The van der Waals surface area contributed by atoms with E-state index >= 15 is 0 Å². The monoisotopic (exact) mass is 281 g/mol. The van der Waals surface area contributed by atoms with Crippen molar-refractivity contribution in [1.29, 1.82) is 0 Å². The standard InChI is InChI=1S/C13H23N5O2/c1-13(2,3)12-16-10(20-17-12)8-18-6-5-15-7-9(18)11(19)14-4/h9,15H,5-8H2,1-4H3,(H,14,19). The van der Waals surface area contributed by atoms with Crippen LogP contribution in [0.15, 0.2) is 4.52 Å². The molecule has 7 heteroatoms. The molecule has 20 heavy (non-hydrogen) atoms. The average Bonchev–Trinajstić information content (AvgIpc) is 2.87. The van der Waals surface area contributed by atoms with E-state index in [2.05, 4.69) is 25.7 Å². The van der Waals surface area contributed by atoms with Crippen molar-refractivity contribution in [2.24, 2.45) is 0 Å². The summed E-state index contributed by atoms with van der Waals surface area (Å²) in [6, 6.07) is -0.196. The second-order valence-corrected chi connectivity index (χ2v) is 6.07. The number of amides is 1. The summed E-state index contributed by atoms with van der Waals surface area (Å²) >= 11 is 0. The first-order chi connectivity index (χ1) is 9.41. The van der Waals surface area contributed by atoms with Crippen molar-refractivity contribution in [2.45, 2.75) is 38.8 Å². The normalized spacial score (nSPS) is 20.9. The van der Waals surface area contributed by atoms with Gasteiger partial charge >= 0.3 is 0 Å². The Morgan fingerprint density at radius 2 is 2.30 bits per heavy atom. The molecule has 1 aromatic heterocycles. The molecule has 112 valence electrons. The molecule has 2 rings (SSSR count). The van der Waals surface area contributed by atoms with Crippen molar-refractivity contribution in [2.75, 3.05) is 26.7 Å². The fraction of sp³-hybridized carbons (Fsp3) is 0.769. The molecule has 0 saturated carbocycles. The summed E-state index contributed by atoms with van der Waals surface area (Å²) < 4.78 is 5.30. The van der Waals surface area contributed by atoms with Gasteiger partial charge in [-0.25, -0.2) is 0 Å². The minimum absolute atomic E-state index is 0.00719. The molecule has 1 aromatic rings. The number of hydrogen-bond acceptors (Lipinski definition) is 6. The molecular weight excluding hydrogens is 258 g/mol. The van der Waals surface area contributed by atoms with Crippen LogP contribution in [0.3, 0.4) is 0 Å². The van der Waals surface area contributed by atoms with Gasteiger partial charge in [0.05, 0.1) is 6.54 Å². The minimum Gasteiger partial charge on any atom is -0.358 e. The van der Waals surface area contributed by atoms with Crippen LogP contribution in [0, 0.1) is 0 Å². The zero-order valence-corrected chi connectivity index (χ0v) is 12.6. The highest BCUT2D eigenvalue weighted by atomic mass is 16.5. The Morgan fingerprint density at radius 1 is 1.55 bits per heavy atom. The fourth-order valence-corrected chi connectivity index (χ4v) is 2.16. The van der Waals surface area contributed by atoms with E-state index in [1.165, 1.54) is 0 Å². The predicted octanol–water partition coefficient (Wildman–Crippen LogP) is -0.113. The molecule has 2 N–H and O–H groups in total. The molecule has 1 saturated heterocycles. The molecule has 1 unspecified atom stereocenters. The van der Waals surface area contributed by atoms with E-state index in [1.54, 1.807) is 7.05 Å². The Labute approximate surface area is 119 Å². The Morgan fingerprint density at radius 3 is 2.90 bits per heavy atom. The van der Waals surface area contributed by atoms with E-state index in [0.717, 1.165) is 13.1 Å². The van der Waals surface area contributed by atoms with Gasteiger partial charge in [0.25, 0.3) is 0 Å². The third-order valence-electron chi connectivity index (χ3n) is 3.38. The number of rotatable bonds is 3. The SMILES string of the molecule is CNC(=O)C1CNCCN1Cc1nc(C(C)(C)C)no1. The van der Waals surface area contributed by atoms with Gasteiger partial charge in [0.1, 0.15) is 6.04 Å². The minimum atomic E-state index is -0.196. The quantitative estimate of drug-likeness (QED) is 0.804. The van der Waals surface area contributed by atoms with Gasteiger partial charge in [-0.2, -0.15) is 4.98 Å². The first-order valence-electron chi connectivity index (χ1n) is 6.91. The van der Waals surface area contributed by atoms with Gasteiger partial charge in [0, 0.05) is 32.1 Å². The molecule has 2 heterocycles. The summed E-state index contributed by atoms with van der Waals surface area (Å²) in [5, 5.41) is 9.93. The Balaban J connectivity index is 2.07. The summed E-state index contributed by atoms with van der Waals surface area (Å²) in [6.07, 6.45) is 0. The molecule has 1 fully saturated rings. The number of likely N-dealkylation sites (N-methyl/N-ethyl adjacent to an activating group) is 1. The van der Waals surface area contributed by atoms with E-state index < -0.39 is 0 Å². The maximum absolute atomic E-state index is 11.9. The van der Waals surface area contributed by atoms with Crippen LogP contribution in [0.4, 0.5) is 0 Å². The lowest BCUT2D eigenvalue weighted by molar-refractivity contribution is -0.126. The van der Waals surface area contributed by atoms with E-state index in [0.29, 0.717) is 24.8 Å². The second-order valence-electron chi connectivity index (χ2n) is 6.07. The summed E-state index contributed by atoms with van der Waals surface area (Å²) in [5.41, 5.74) is -0.134. The average molecular weight is 281 g/mol. The molecule has 7 nitrogen and oxygen atoms in total. The highest BCUT2D eigenvalue weighted by Gasteiger charge is 2.30. The number of hydrogen-bond donors (Lipinski definition) is 2. The topological polar surface area (TPSA) is 83.3 Å². The number of nitrogens with one attached hydrogen (secondary N) is 2. The summed E-state index contributed by atoms with van der Waals surface area (Å²) in [7, 11) is 1.65. The highest BCUT2D eigenvalue weighted by Crippen LogP contribution is 2.19. The van der Waals surface area contributed by atoms with Crippen LogP contribution in [0.2, 0.25) is 0 Å². The Hall–Kier alpha value is -1.47. The van der Waals surface area contributed by atoms with Crippen LogP contribution in [0.25, 0.3) is 0 Å². The predicted molar refractivity (Wildman–Crippen MR) is 74.1 cm³/mol. The van der Waals surface area contributed by atoms with E-state index in [1.807, 2.05) is 20.8 Å². The maximum Gasteiger partial charge on any atom is 0.240 e. The van der Waals surface area contributed by atoms with Gasteiger partial charge in [-0.1, -0.05) is 25.9 Å². The lowest BCUT2D eigenvalue weighted by Gasteiger charge is -2.33. The van der Waals surface area contributed by atoms with Crippen molar-refractivity contribution < 1.29 is 9.32 Å². The molecule has 0 radical (unpaired) electrons. The van der Waals surface area contributed by atoms with Gasteiger partial charge in [0.2, 0.25) is 11.8 Å². The molecule has 0 aromatic carbocycles. The second kappa shape index (κ2) is 5.88. The zero-order chi connectivity index (χ0) is 14.8. The molecule has 1 atom stereocenters. The van der Waals surface area contributed by atoms with Crippen LogP contribution in [0.5, 0.6) is 0 Å². The molecule has 0 spiro atoms. The summed E-state index contributed by atoms with van der Waals surface area (Å²) in [6.45, 7) is 8.90. The third-order valence-corrected chi connectivity index (χ3v) is 3.38. The lowest BCUT2D eigenvalue weighted by atomic mass is 9.96. The molecule has 1 amide bonds. The van der Waals surface area contributed by atoms with Crippen molar-refractivity contribution in [1.82, 2.24) is 25.7 Å². The van der Waals surface area contributed by atoms with E-state index in [9.17, 15) is 4.79 Å². The number of aromatic nitrogens is 2. The first kappa shape index (κ1) is 14.9. The van der Waals surface area contributed by atoms with Gasteiger partial charge in [-0.15, -0.1) is 0 Å². The molecule has 1 aliphatic heterocycles. The van der Waals surface area contributed by atoms with E-state index in [4.69, 9.17) is 4.52 Å². The van der Waals surface area contributed by atoms with Crippen molar-refractivity contribution in [3.8, 4) is 0 Å². The van der Waals surface area contributed by atoms with Crippen LogP contribution >= 0.6 is 0 Å². The smallest absolute Gasteiger partial charge is 0.240 e. The maximum atomic E-state index is 11.9. The van der Waals surface area contributed by atoms with Gasteiger partial charge in [-0.3, -0.25) is 9.69 Å². The van der Waals surface area contributed by atoms with Crippen LogP contribution in [0.1, 0.15) is 32.5 Å². The highest BCUT2D eigenvalue weighted by molar-refractivity contribution is 5.81. The number of nitrogens with zero attached hydrogens (tertiary/aromatic N) is 3. The van der Waals surface area contributed by atoms with Crippen LogP contribution in [-0.2, 0) is 16.8 Å². The van der Waals surface area contributed by atoms with Crippen LogP contribution < -0.4 is 10.6 Å². The Bertz CT molecular complexity index is 466. The first-order valence-corrected chi connectivity index (χ1v) is 6.91. The van der Waals surface area contributed by atoms with E-state index in [-0.39, 0.29) is 17.4 Å². The number of carbonyl (C=O) groups is 1. The van der Waals surface area contributed by atoms with Gasteiger partial charge < -0.3 is 15.2 Å². The molecule has 1 aliphatic rings. The summed E-state index contributed by atoms with van der Waals surface area (Å²) in [5.74, 6) is 1.26. The third kappa shape index (κ3) is 3.34. The van der Waals surface area contributed by atoms with Gasteiger partial charge in [0.15, 0.2) is 5.82 Å². The van der Waals surface area contributed by atoms with Crippen molar-refractivity contribution in [3.63, 3.8) is 0 Å². The molecule has 0 bridgehead atoms.